The highest BCUT2D eigenvalue weighted by Crippen LogP contribution is 1.76. The summed E-state index contributed by atoms with van der Waals surface area (Å²) in [5.41, 5.74) is 0. The number of unbranched alkanes of at least 4 members (excludes halogenated alkanes) is 1. The van der Waals surface area contributed by atoms with Crippen LogP contribution >= 0.6 is 0 Å². The molecule has 6 nitrogen and oxygen atoms in total. The molecule has 110 valence electrons. The lowest BCUT2D eigenvalue weighted by Crippen LogP contribution is -1.81. The van der Waals surface area contributed by atoms with E-state index in [0.29, 0.717) is 0 Å². The molecule has 0 unspecified atom stereocenters. The molecular weight excluding hydrogens is 228 g/mol. The molecule has 0 spiro atoms. The predicted octanol–water partition coefficient (Wildman–Crippen LogP) is 4.94. The summed E-state index contributed by atoms with van der Waals surface area (Å²) < 4.78 is 0. The zero-order valence-electron chi connectivity index (χ0n) is 9.73. The Morgan fingerprint density at radius 2 is 0.765 bits per heavy atom. The molecule has 0 aliphatic heterocycles. The van der Waals surface area contributed by atoms with Gasteiger partial charge in [-0.2, -0.15) is 0 Å². The van der Waals surface area contributed by atoms with E-state index in [-0.39, 0.29) is 14.9 Å². The maximum absolute atomic E-state index is 8.56. The molecule has 0 aromatic heterocycles. The van der Waals surface area contributed by atoms with Gasteiger partial charge in [0, 0.05) is 0 Å². The van der Waals surface area contributed by atoms with E-state index in [9.17, 15) is 0 Å². The van der Waals surface area contributed by atoms with Gasteiger partial charge in [-0.05, 0) is 0 Å². The van der Waals surface area contributed by atoms with E-state index in [1.807, 2.05) is 0 Å². The van der Waals surface area contributed by atoms with Gasteiger partial charge in [0.25, 0.3) is 0 Å². The highest BCUT2D eigenvalue weighted by Gasteiger charge is 1.70. The zero-order chi connectivity index (χ0) is 13.3. The van der Waals surface area contributed by atoms with E-state index in [1.165, 1.54) is 19.3 Å². The number of carboxylic acid groups (broad SMARTS) is 4. The minimum absolute atomic E-state index is 0. The van der Waals surface area contributed by atoms with Gasteiger partial charge < -0.3 is 20.4 Å². The van der Waals surface area contributed by atoms with Crippen LogP contribution in [-0.2, 0) is 0 Å². The van der Waals surface area contributed by atoms with Crippen molar-refractivity contribution in [3.8, 4) is 0 Å². The smallest absolute Gasteiger partial charge is 0.450 e. The van der Waals surface area contributed by atoms with E-state index in [2.05, 4.69) is 27.7 Å². The lowest BCUT2D eigenvalue weighted by atomic mass is 10.4. The van der Waals surface area contributed by atoms with E-state index >= 15 is 0 Å². The highest BCUT2D eigenvalue weighted by molar-refractivity contribution is 5.53. The van der Waals surface area contributed by atoms with Gasteiger partial charge in [-0.15, -0.1) is 0 Å². The normalized spacial score (nSPS) is 5.65. The van der Waals surface area contributed by atoms with Crippen LogP contribution in [0.5, 0.6) is 0 Å². The molecule has 0 aromatic carbocycles. The second-order valence-electron chi connectivity index (χ2n) is 2.27. The third kappa shape index (κ3) is 10800. The Morgan fingerprint density at radius 1 is 0.706 bits per heavy atom. The molecule has 0 aromatic rings. The molecule has 0 bridgehead atoms. The quantitative estimate of drug-likeness (QED) is 0.529. The lowest BCUT2D eigenvalue weighted by Gasteiger charge is -1.68. The maximum atomic E-state index is 8.56. The van der Waals surface area contributed by atoms with Gasteiger partial charge in [0.15, 0.2) is 0 Å². The van der Waals surface area contributed by atoms with Crippen molar-refractivity contribution in [2.24, 2.45) is 0 Å². The Balaban J connectivity index is -0.0000000230. The van der Waals surface area contributed by atoms with E-state index in [0.717, 1.165) is 0 Å². The predicted molar refractivity (Wildman–Crippen MR) is 71.3 cm³/mol. The first-order chi connectivity index (χ1) is 6.79. The molecule has 0 amide bonds. The molecule has 0 radical (unpaired) electrons. The average molecular weight is 258 g/mol. The van der Waals surface area contributed by atoms with E-state index < -0.39 is 12.3 Å². The van der Waals surface area contributed by atoms with Crippen LogP contribution < -0.4 is 0 Å². The summed E-state index contributed by atoms with van der Waals surface area (Å²) in [6.07, 6.45) is 0.222. The third-order valence-electron chi connectivity index (χ3n) is 0.500. The largest absolute Gasteiger partial charge is 0.503 e. The van der Waals surface area contributed by atoms with Crippen molar-refractivity contribution in [1.29, 1.82) is 0 Å². The van der Waals surface area contributed by atoms with Crippen LogP contribution in [0.15, 0.2) is 0 Å². The highest BCUT2D eigenvalue weighted by atomic mass is 16.6. The third-order valence-corrected chi connectivity index (χ3v) is 0.500. The molecule has 0 heterocycles. The second kappa shape index (κ2) is 46.9. The SMILES string of the molecule is C.C.CCC.CCCC.O=C(O)O.O=C(O)O. The van der Waals surface area contributed by atoms with Gasteiger partial charge in [-0.1, -0.05) is 61.8 Å². The van der Waals surface area contributed by atoms with Crippen LogP contribution in [0.3, 0.4) is 0 Å². The zero-order valence-corrected chi connectivity index (χ0v) is 9.73. The van der Waals surface area contributed by atoms with Gasteiger partial charge in [-0.3, -0.25) is 0 Å². The number of hydrogen-bond donors (Lipinski definition) is 4. The Kier molecular flexibility index (Phi) is 99.6. The van der Waals surface area contributed by atoms with Crippen molar-refractivity contribution in [2.75, 3.05) is 0 Å². The molecule has 0 saturated heterocycles. The summed E-state index contributed by atoms with van der Waals surface area (Å²) in [5.74, 6) is 0. The summed E-state index contributed by atoms with van der Waals surface area (Å²) >= 11 is 0. The van der Waals surface area contributed by atoms with Gasteiger partial charge in [0.1, 0.15) is 0 Å². The molecule has 0 aliphatic carbocycles. The fourth-order valence-corrected chi connectivity index (χ4v) is 0. The first kappa shape index (κ1) is 36.1. The van der Waals surface area contributed by atoms with Crippen LogP contribution in [-0.4, -0.2) is 32.7 Å². The topological polar surface area (TPSA) is 115 Å². The summed E-state index contributed by atoms with van der Waals surface area (Å²) in [7, 11) is 0. The number of carbonyl (C=O) groups is 2. The van der Waals surface area contributed by atoms with Crippen LogP contribution in [0.2, 0.25) is 0 Å². The summed E-state index contributed by atoms with van der Waals surface area (Å²) in [6, 6.07) is 0. The molecule has 0 aliphatic rings. The molecule has 0 saturated carbocycles. The minimum Gasteiger partial charge on any atom is -0.450 e. The number of rotatable bonds is 1. The maximum Gasteiger partial charge on any atom is 0.503 e. The monoisotopic (exact) mass is 258 g/mol. The molecule has 6 heteroatoms. The Labute approximate surface area is 105 Å². The van der Waals surface area contributed by atoms with E-state index in [4.69, 9.17) is 30.0 Å². The second-order valence-corrected chi connectivity index (χ2v) is 2.27. The lowest BCUT2D eigenvalue weighted by molar-refractivity contribution is 0.135. The molecule has 4 N–H and O–H groups in total. The standard InChI is InChI=1S/C4H10.C3H8.2CH2O3.2CH4/c1-3-4-2;1-3-2;2*2-1(3)4;;/h3-4H2,1-2H3;3H2,1-2H3;2*(H2,2,3,4);2*1H4. The van der Waals surface area contributed by atoms with Crippen molar-refractivity contribution in [3.63, 3.8) is 0 Å². The van der Waals surface area contributed by atoms with Crippen molar-refractivity contribution in [2.45, 2.75) is 61.8 Å². The average Bonchev–Trinajstić information content (AvgIpc) is 2.03. The first-order valence-electron chi connectivity index (χ1n) is 4.63. The van der Waals surface area contributed by atoms with Gasteiger partial charge >= 0.3 is 12.3 Å². The van der Waals surface area contributed by atoms with Crippen LogP contribution in [0.1, 0.15) is 61.8 Å². The van der Waals surface area contributed by atoms with Gasteiger partial charge in [0.05, 0.1) is 0 Å². The Bertz CT molecular complexity index is 103. The van der Waals surface area contributed by atoms with Crippen LogP contribution in [0, 0.1) is 0 Å². The summed E-state index contributed by atoms with van der Waals surface area (Å²) in [4.78, 5) is 17.1. The Morgan fingerprint density at radius 3 is 0.765 bits per heavy atom. The van der Waals surface area contributed by atoms with Gasteiger partial charge in [-0.25, -0.2) is 9.59 Å². The fourth-order valence-electron chi connectivity index (χ4n) is 0. The minimum atomic E-state index is -1.83. The molecular formula is C11H30O6. The van der Waals surface area contributed by atoms with E-state index in [1.54, 1.807) is 0 Å². The van der Waals surface area contributed by atoms with Gasteiger partial charge in [0.2, 0.25) is 0 Å². The Hall–Kier alpha value is -1.46. The van der Waals surface area contributed by atoms with Crippen LogP contribution in [0.4, 0.5) is 9.59 Å². The summed E-state index contributed by atoms with van der Waals surface area (Å²) in [5, 5.41) is 27.9. The molecule has 0 fully saturated rings. The molecule has 0 atom stereocenters. The number of hydrogen-bond acceptors (Lipinski definition) is 2. The van der Waals surface area contributed by atoms with Crippen LogP contribution in [0.25, 0.3) is 0 Å². The molecule has 17 heavy (non-hydrogen) atoms. The molecule has 0 rings (SSSR count). The van der Waals surface area contributed by atoms with Crippen molar-refractivity contribution >= 4 is 12.3 Å². The van der Waals surface area contributed by atoms with Crippen molar-refractivity contribution in [3.05, 3.63) is 0 Å². The van der Waals surface area contributed by atoms with Crippen molar-refractivity contribution < 1.29 is 30.0 Å². The summed E-state index contributed by atoms with van der Waals surface area (Å²) in [6.45, 7) is 8.61. The van der Waals surface area contributed by atoms with Crippen molar-refractivity contribution in [1.82, 2.24) is 0 Å². The fraction of sp³-hybridized carbons (Fsp3) is 0.818. The first-order valence-corrected chi connectivity index (χ1v) is 4.63.